The molecule has 2 fully saturated rings. The fourth-order valence-corrected chi connectivity index (χ4v) is 4.93. The Morgan fingerprint density at radius 1 is 1.09 bits per heavy atom. The number of amides is 1. The monoisotopic (exact) mass is 483 g/mol. The van der Waals surface area contributed by atoms with E-state index in [1.807, 2.05) is 24.3 Å². The van der Waals surface area contributed by atoms with Crippen molar-refractivity contribution in [2.24, 2.45) is 0 Å². The van der Waals surface area contributed by atoms with Crippen molar-refractivity contribution < 1.29 is 14.3 Å². The first-order valence-corrected chi connectivity index (χ1v) is 12.5. The van der Waals surface area contributed by atoms with Crippen molar-refractivity contribution in [3.63, 3.8) is 0 Å². The molecule has 0 aromatic heterocycles. The molecule has 1 amide bonds. The molecule has 2 aliphatic heterocycles. The van der Waals surface area contributed by atoms with Gasteiger partial charge in [-0.1, -0.05) is 29.8 Å². The van der Waals surface area contributed by atoms with Crippen molar-refractivity contribution in [1.82, 2.24) is 9.80 Å². The number of hydrogen-bond acceptors (Lipinski definition) is 5. The second kappa shape index (κ2) is 12.2. The van der Waals surface area contributed by atoms with Crippen LogP contribution in [0, 0.1) is 0 Å². The van der Waals surface area contributed by atoms with Gasteiger partial charge in [0.15, 0.2) is 11.5 Å². The van der Waals surface area contributed by atoms with E-state index in [0.717, 1.165) is 31.2 Å². The number of benzene rings is 2. The molecule has 2 heterocycles. The number of piperidine rings is 1. The Balaban J connectivity index is 1.26. The number of likely N-dealkylation sites (tertiary alicyclic amines) is 2. The van der Waals surface area contributed by atoms with Crippen molar-refractivity contribution in [3.8, 4) is 11.5 Å². The second-order valence-electron chi connectivity index (χ2n) is 8.87. The van der Waals surface area contributed by atoms with Gasteiger partial charge in [-0.25, -0.2) is 0 Å². The fourth-order valence-electron chi connectivity index (χ4n) is 4.73. The maximum absolute atomic E-state index is 12.4. The van der Waals surface area contributed by atoms with Gasteiger partial charge in [0.1, 0.15) is 6.61 Å². The lowest BCUT2D eigenvalue weighted by molar-refractivity contribution is -0.111. The van der Waals surface area contributed by atoms with Crippen LogP contribution in [0.25, 0.3) is 6.08 Å². The number of halogens is 1. The van der Waals surface area contributed by atoms with Crippen LogP contribution in [0.5, 0.6) is 11.5 Å². The predicted octanol–water partition coefficient (Wildman–Crippen LogP) is 4.94. The van der Waals surface area contributed by atoms with Gasteiger partial charge in [-0.2, -0.15) is 0 Å². The lowest BCUT2D eigenvalue weighted by Crippen LogP contribution is -2.44. The number of methoxy groups -OCH3 is 1. The Hall–Kier alpha value is -2.54. The summed E-state index contributed by atoms with van der Waals surface area (Å²) in [6, 6.07) is 13.6. The summed E-state index contributed by atoms with van der Waals surface area (Å²) in [5, 5.41) is 3.48. The zero-order valence-corrected chi connectivity index (χ0v) is 20.6. The minimum absolute atomic E-state index is 0.239. The fraction of sp³-hybridized carbons (Fsp3) is 0.444. The molecule has 7 heteroatoms. The van der Waals surface area contributed by atoms with Crippen LogP contribution in [-0.4, -0.2) is 68.2 Å². The molecule has 0 atom stereocenters. The third-order valence-electron chi connectivity index (χ3n) is 6.63. The smallest absolute Gasteiger partial charge is 0.248 e. The Morgan fingerprint density at radius 3 is 2.59 bits per heavy atom. The predicted molar refractivity (Wildman–Crippen MR) is 138 cm³/mol. The number of rotatable bonds is 9. The van der Waals surface area contributed by atoms with Gasteiger partial charge < -0.3 is 19.7 Å². The highest BCUT2D eigenvalue weighted by Gasteiger charge is 2.26. The number of anilines is 1. The van der Waals surface area contributed by atoms with Gasteiger partial charge in [0.25, 0.3) is 0 Å². The largest absolute Gasteiger partial charge is 0.493 e. The summed E-state index contributed by atoms with van der Waals surface area (Å²) in [5.41, 5.74) is 1.44. The third-order valence-corrected chi connectivity index (χ3v) is 6.97. The lowest BCUT2D eigenvalue weighted by atomic mass is 10.0. The molecule has 2 saturated heterocycles. The molecule has 0 unspecified atom stereocenters. The molecule has 182 valence electrons. The van der Waals surface area contributed by atoms with Crippen LogP contribution < -0.4 is 14.8 Å². The van der Waals surface area contributed by atoms with Crippen LogP contribution in [0.1, 0.15) is 31.2 Å². The van der Waals surface area contributed by atoms with E-state index in [9.17, 15) is 4.79 Å². The molecular weight excluding hydrogens is 450 g/mol. The van der Waals surface area contributed by atoms with Crippen molar-refractivity contribution in [3.05, 3.63) is 59.1 Å². The molecule has 6 nitrogen and oxygen atoms in total. The number of nitrogens with one attached hydrogen (secondary N) is 1. The van der Waals surface area contributed by atoms with Crippen LogP contribution in [0.2, 0.25) is 5.02 Å². The minimum Gasteiger partial charge on any atom is -0.493 e. The van der Waals surface area contributed by atoms with Crippen molar-refractivity contribution >= 4 is 29.3 Å². The molecular formula is C27H34ClN3O3. The lowest BCUT2D eigenvalue weighted by Gasteiger charge is -2.36. The van der Waals surface area contributed by atoms with Gasteiger partial charge in [-0.3, -0.25) is 9.69 Å². The van der Waals surface area contributed by atoms with Crippen LogP contribution in [0.4, 0.5) is 5.69 Å². The standard InChI is InChI=1S/C27H34ClN3O3/c1-33-25-10-9-22(29-27(32)11-8-21-6-2-3-7-24(21)28)20-26(25)34-19-18-30-16-12-23(13-17-30)31-14-4-5-15-31/h2-3,6-11,20,23H,4-5,12-19H2,1H3,(H,29,32)/b11-8+. The molecule has 2 aromatic carbocycles. The van der Waals surface area contributed by atoms with E-state index in [1.165, 1.54) is 44.8 Å². The highest BCUT2D eigenvalue weighted by atomic mass is 35.5. The van der Waals surface area contributed by atoms with Gasteiger partial charge in [-0.15, -0.1) is 0 Å². The first-order valence-electron chi connectivity index (χ1n) is 12.1. The van der Waals surface area contributed by atoms with Crippen LogP contribution in [0.15, 0.2) is 48.5 Å². The number of nitrogens with zero attached hydrogens (tertiary/aromatic N) is 2. The highest BCUT2D eigenvalue weighted by molar-refractivity contribution is 6.32. The van der Waals surface area contributed by atoms with E-state index in [2.05, 4.69) is 15.1 Å². The molecule has 0 spiro atoms. The van der Waals surface area contributed by atoms with Crippen LogP contribution in [-0.2, 0) is 4.79 Å². The van der Waals surface area contributed by atoms with Crippen molar-refractivity contribution in [1.29, 1.82) is 0 Å². The Bertz CT molecular complexity index is 983. The zero-order chi connectivity index (χ0) is 23.8. The van der Waals surface area contributed by atoms with Gasteiger partial charge in [-0.05, 0) is 81.7 Å². The molecule has 1 N–H and O–H groups in total. The first kappa shape index (κ1) is 24.6. The molecule has 34 heavy (non-hydrogen) atoms. The average Bonchev–Trinajstić information content (AvgIpc) is 3.39. The maximum Gasteiger partial charge on any atom is 0.248 e. The number of carbonyl (C=O) groups excluding carboxylic acids is 1. The summed E-state index contributed by atoms with van der Waals surface area (Å²) in [6.45, 7) is 6.25. The zero-order valence-electron chi connectivity index (χ0n) is 19.8. The molecule has 0 radical (unpaired) electrons. The van der Waals surface area contributed by atoms with Crippen LogP contribution >= 0.6 is 11.6 Å². The summed E-state index contributed by atoms with van der Waals surface area (Å²) in [4.78, 5) is 17.5. The highest BCUT2D eigenvalue weighted by Crippen LogP contribution is 2.30. The Labute approximate surface area is 207 Å². The molecule has 0 aliphatic carbocycles. The van der Waals surface area contributed by atoms with Gasteiger partial charge in [0, 0.05) is 35.4 Å². The average molecular weight is 484 g/mol. The van der Waals surface area contributed by atoms with E-state index in [1.54, 1.807) is 31.4 Å². The molecule has 4 rings (SSSR count). The van der Waals surface area contributed by atoms with Crippen LogP contribution in [0.3, 0.4) is 0 Å². The minimum atomic E-state index is -0.239. The number of hydrogen-bond donors (Lipinski definition) is 1. The van der Waals surface area contributed by atoms with Gasteiger partial charge in [0.2, 0.25) is 5.91 Å². The number of carbonyl (C=O) groups is 1. The molecule has 0 bridgehead atoms. The van der Waals surface area contributed by atoms with E-state index < -0.39 is 0 Å². The Kier molecular flexibility index (Phi) is 8.85. The normalized spacial score (nSPS) is 17.8. The van der Waals surface area contributed by atoms with E-state index >= 15 is 0 Å². The first-order chi connectivity index (χ1) is 16.6. The topological polar surface area (TPSA) is 54.0 Å². The Morgan fingerprint density at radius 2 is 1.85 bits per heavy atom. The summed E-state index contributed by atoms with van der Waals surface area (Å²) < 4.78 is 11.5. The summed E-state index contributed by atoms with van der Waals surface area (Å²) in [7, 11) is 1.62. The second-order valence-corrected chi connectivity index (χ2v) is 9.28. The van der Waals surface area contributed by atoms with E-state index in [0.29, 0.717) is 28.8 Å². The van der Waals surface area contributed by atoms with Crippen molar-refractivity contribution in [2.75, 3.05) is 51.8 Å². The van der Waals surface area contributed by atoms with E-state index in [-0.39, 0.29) is 5.91 Å². The quantitative estimate of drug-likeness (QED) is 0.512. The molecule has 2 aromatic rings. The summed E-state index contributed by atoms with van der Waals surface area (Å²) in [6.07, 6.45) is 8.36. The van der Waals surface area contributed by atoms with Crippen molar-refractivity contribution in [2.45, 2.75) is 31.7 Å². The SMILES string of the molecule is COc1ccc(NC(=O)/C=C/c2ccccc2Cl)cc1OCCN1CCC(N2CCCC2)CC1. The maximum atomic E-state index is 12.4. The van der Waals surface area contributed by atoms with Gasteiger partial charge in [0.05, 0.1) is 7.11 Å². The van der Waals surface area contributed by atoms with Gasteiger partial charge >= 0.3 is 0 Å². The van der Waals surface area contributed by atoms with E-state index in [4.69, 9.17) is 21.1 Å². The molecule has 0 saturated carbocycles. The third kappa shape index (κ3) is 6.75. The molecule has 2 aliphatic rings. The number of ether oxygens (including phenoxy) is 2. The summed E-state index contributed by atoms with van der Waals surface area (Å²) in [5.74, 6) is 1.04. The summed E-state index contributed by atoms with van der Waals surface area (Å²) >= 11 is 6.14.